The molecule has 21 heavy (non-hydrogen) atoms. The second kappa shape index (κ2) is 7.00. The van der Waals surface area contributed by atoms with Crippen LogP contribution in [0.2, 0.25) is 0 Å². The molecule has 1 aromatic rings. The third-order valence-corrected chi connectivity index (χ3v) is 4.27. The van der Waals surface area contributed by atoms with Crippen molar-refractivity contribution in [3.05, 3.63) is 30.1 Å². The molecule has 0 aromatic heterocycles. The Hall–Kier alpha value is -1.46. The second-order valence-corrected chi connectivity index (χ2v) is 6.03. The van der Waals surface area contributed by atoms with Crippen LogP contribution >= 0.6 is 0 Å². The predicted molar refractivity (Wildman–Crippen MR) is 80.5 cm³/mol. The fraction of sp³-hybridized carbons (Fsp3) is 0.562. The number of anilines is 1. The number of amides is 1. The summed E-state index contributed by atoms with van der Waals surface area (Å²) in [6, 6.07) is 5.81. The van der Waals surface area contributed by atoms with Gasteiger partial charge in [0.15, 0.2) is 0 Å². The lowest BCUT2D eigenvalue weighted by molar-refractivity contribution is -0.116. The van der Waals surface area contributed by atoms with E-state index in [1.54, 1.807) is 12.1 Å². The van der Waals surface area contributed by atoms with E-state index in [2.05, 4.69) is 17.6 Å². The SMILES string of the molecule is CC1CCC(CO)(NCC(=O)Nc2cccc(F)c2)CC1. The Morgan fingerprint density at radius 3 is 2.76 bits per heavy atom. The largest absolute Gasteiger partial charge is 0.394 e. The maximum atomic E-state index is 13.0. The van der Waals surface area contributed by atoms with Crippen LogP contribution in [0.1, 0.15) is 32.6 Å². The van der Waals surface area contributed by atoms with Crippen molar-refractivity contribution in [1.29, 1.82) is 0 Å². The molecule has 0 heterocycles. The van der Waals surface area contributed by atoms with Crippen LogP contribution in [0.4, 0.5) is 10.1 Å². The Balaban J connectivity index is 1.85. The fourth-order valence-corrected chi connectivity index (χ4v) is 2.74. The highest BCUT2D eigenvalue weighted by Crippen LogP contribution is 2.31. The lowest BCUT2D eigenvalue weighted by Gasteiger charge is -2.38. The average Bonchev–Trinajstić information content (AvgIpc) is 2.47. The standard InChI is InChI=1S/C16H23FN2O2/c1-12-5-7-16(11-20,8-6-12)18-10-15(21)19-14-4-2-3-13(17)9-14/h2-4,9,12,18,20H,5-8,10-11H2,1H3,(H,19,21). The van der Waals surface area contributed by atoms with E-state index in [4.69, 9.17) is 0 Å². The minimum Gasteiger partial charge on any atom is -0.394 e. The molecule has 5 heteroatoms. The van der Waals surface area contributed by atoms with Crippen LogP contribution in [0, 0.1) is 11.7 Å². The van der Waals surface area contributed by atoms with E-state index in [1.807, 2.05) is 0 Å². The Labute approximate surface area is 124 Å². The number of aliphatic hydroxyl groups excluding tert-OH is 1. The van der Waals surface area contributed by atoms with Crippen molar-refractivity contribution < 1.29 is 14.3 Å². The summed E-state index contributed by atoms with van der Waals surface area (Å²) >= 11 is 0. The highest BCUT2D eigenvalue weighted by molar-refractivity contribution is 5.92. The predicted octanol–water partition coefficient (Wildman–Crippen LogP) is 2.29. The van der Waals surface area contributed by atoms with Crippen molar-refractivity contribution in [2.45, 2.75) is 38.1 Å². The molecule has 0 radical (unpaired) electrons. The number of hydrogen-bond donors (Lipinski definition) is 3. The second-order valence-electron chi connectivity index (χ2n) is 6.03. The first kappa shape index (κ1) is 15.9. The molecule has 0 aliphatic heterocycles. The number of aliphatic hydroxyl groups is 1. The highest BCUT2D eigenvalue weighted by atomic mass is 19.1. The van der Waals surface area contributed by atoms with Gasteiger partial charge < -0.3 is 15.7 Å². The third-order valence-electron chi connectivity index (χ3n) is 4.27. The first-order valence-electron chi connectivity index (χ1n) is 7.44. The van der Waals surface area contributed by atoms with Gasteiger partial charge in [0.1, 0.15) is 5.82 Å². The van der Waals surface area contributed by atoms with E-state index in [1.165, 1.54) is 12.1 Å². The van der Waals surface area contributed by atoms with E-state index >= 15 is 0 Å². The monoisotopic (exact) mass is 294 g/mol. The summed E-state index contributed by atoms with van der Waals surface area (Å²) in [4.78, 5) is 11.9. The number of rotatable bonds is 5. The van der Waals surface area contributed by atoms with Gasteiger partial charge in [-0.15, -0.1) is 0 Å². The molecule has 1 amide bonds. The fourth-order valence-electron chi connectivity index (χ4n) is 2.74. The normalized spacial score (nSPS) is 25.6. The molecule has 0 saturated heterocycles. The Morgan fingerprint density at radius 2 is 2.14 bits per heavy atom. The smallest absolute Gasteiger partial charge is 0.238 e. The van der Waals surface area contributed by atoms with Gasteiger partial charge in [0.05, 0.1) is 13.2 Å². The quantitative estimate of drug-likeness (QED) is 0.781. The number of hydrogen-bond acceptors (Lipinski definition) is 3. The topological polar surface area (TPSA) is 61.4 Å². The molecular formula is C16H23FN2O2. The summed E-state index contributed by atoms with van der Waals surface area (Å²) in [5.74, 6) is 0.0634. The molecule has 116 valence electrons. The van der Waals surface area contributed by atoms with Crippen molar-refractivity contribution in [3.63, 3.8) is 0 Å². The Kier molecular flexibility index (Phi) is 5.31. The summed E-state index contributed by atoms with van der Waals surface area (Å²) in [5.41, 5.74) is 0.0864. The van der Waals surface area contributed by atoms with Crippen molar-refractivity contribution >= 4 is 11.6 Å². The van der Waals surface area contributed by atoms with Crippen LogP contribution in [0.5, 0.6) is 0 Å². The molecule has 3 N–H and O–H groups in total. The van der Waals surface area contributed by atoms with Crippen LogP contribution in [-0.4, -0.2) is 29.7 Å². The number of carbonyl (C=O) groups excluding carboxylic acids is 1. The maximum absolute atomic E-state index is 13.0. The zero-order chi connectivity index (χ0) is 15.3. The summed E-state index contributed by atoms with van der Waals surface area (Å²) in [6.45, 7) is 2.36. The maximum Gasteiger partial charge on any atom is 0.238 e. The Morgan fingerprint density at radius 1 is 1.43 bits per heavy atom. The van der Waals surface area contributed by atoms with Gasteiger partial charge in [-0.05, 0) is 49.8 Å². The zero-order valence-corrected chi connectivity index (χ0v) is 12.4. The van der Waals surface area contributed by atoms with Gasteiger partial charge in [-0.2, -0.15) is 0 Å². The summed E-state index contributed by atoms with van der Waals surface area (Å²) in [6.07, 6.45) is 3.86. The van der Waals surface area contributed by atoms with Crippen LogP contribution in [0.15, 0.2) is 24.3 Å². The summed E-state index contributed by atoms with van der Waals surface area (Å²) in [7, 11) is 0. The van der Waals surface area contributed by atoms with E-state index in [9.17, 15) is 14.3 Å². The molecule has 1 saturated carbocycles. The molecule has 1 aromatic carbocycles. The molecule has 1 aliphatic rings. The van der Waals surface area contributed by atoms with E-state index in [0.29, 0.717) is 11.6 Å². The van der Waals surface area contributed by atoms with E-state index < -0.39 is 0 Å². The lowest BCUT2D eigenvalue weighted by Crippen LogP contribution is -2.53. The van der Waals surface area contributed by atoms with Crippen molar-refractivity contribution in [2.75, 3.05) is 18.5 Å². The third kappa shape index (κ3) is 4.51. The van der Waals surface area contributed by atoms with Gasteiger partial charge in [0.25, 0.3) is 0 Å². The molecule has 0 spiro atoms. The molecule has 0 atom stereocenters. The van der Waals surface area contributed by atoms with Gasteiger partial charge in [-0.25, -0.2) is 4.39 Å². The average molecular weight is 294 g/mol. The molecule has 2 rings (SSSR count). The number of nitrogens with one attached hydrogen (secondary N) is 2. The number of benzene rings is 1. The van der Waals surface area contributed by atoms with Gasteiger partial charge >= 0.3 is 0 Å². The molecular weight excluding hydrogens is 271 g/mol. The van der Waals surface area contributed by atoms with Gasteiger partial charge in [-0.3, -0.25) is 4.79 Å². The minimum atomic E-state index is -0.381. The van der Waals surface area contributed by atoms with Crippen LogP contribution < -0.4 is 10.6 Å². The van der Waals surface area contributed by atoms with Crippen LogP contribution in [-0.2, 0) is 4.79 Å². The van der Waals surface area contributed by atoms with E-state index in [-0.39, 0.29) is 30.4 Å². The van der Waals surface area contributed by atoms with Gasteiger partial charge in [0, 0.05) is 11.2 Å². The highest BCUT2D eigenvalue weighted by Gasteiger charge is 2.33. The summed E-state index contributed by atoms with van der Waals surface area (Å²) < 4.78 is 13.0. The van der Waals surface area contributed by atoms with Crippen molar-refractivity contribution in [1.82, 2.24) is 5.32 Å². The van der Waals surface area contributed by atoms with E-state index in [0.717, 1.165) is 25.7 Å². The van der Waals surface area contributed by atoms with Crippen LogP contribution in [0.3, 0.4) is 0 Å². The molecule has 4 nitrogen and oxygen atoms in total. The number of halogens is 1. The number of carbonyl (C=O) groups is 1. The molecule has 0 bridgehead atoms. The first-order chi connectivity index (χ1) is 10.0. The first-order valence-corrected chi connectivity index (χ1v) is 7.44. The van der Waals surface area contributed by atoms with Gasteiger partial charge in [0.2, 0.25) is 5.91 Å². The van der Waals surface area contributed by atoms with Crippen molar-refractivity contribution in [3.8, 4) is 0 Å². The van der Waals surface area contributed by atoms with Gasteiger partial charge in [-0.1, -0.05) is 13.0 Å². The molecule has 1 aliphatic carbocycles. The lowest BCUT2D eigenvalue weighted by atomic mass is 9.77. The zero-order valence-electron chi connectivity index (χ0n) is 12.4. The van der Waals surface area contributed by atoms with Crippen LogP contribution in [0.25, 0.3) is 0 Å². The molecule has 1 fully saturated rings. The van der Waals surface area contributed by atoms with Crippen molar-refractivity contribution in [2.24, 2.45) is 5.92 Å². The Bertz CT molecular complexity index is 485. The summed E-state index contributed by atoms with van der Waals surface area (Å²) in [5, 5.41) is 15.5. The minimum absolute atomic E-state index is 0.0347. The molecule has 0 unspecified atom stereocenters.